The fraction of sp³-hybridized carbons (Fsp3) is 0.700. The number of carbonyl (C=O) groups excluding carboxylic acids is 1. The third-order valence-corrected chi connectivity index (χ3v) is 0.635. The molecule has 0 heterocycles. The Balaban J connectivity index is -0.000000169. The summed E-state index contributed by atoms with van der Waals surface area (Å²) in [6.45, 7) is 8.12. The summed E-state index contributed by atoms with van der Waals surface area (Å²) in [5.74, 6) is -0.0972. The molecule has 0 aromatic rings. The van der Waals surface area contributed by atoms with E-state index in [1.54, 1.807) is 0 Å². The van der Waals surface area contributed by atoms with E-state index in [9.17, 15) is 4.79 Å². The number of nitrogens with one attached hydrogen (secondary N) is 1. The molecule has 0 saturated heterocycles. The van der Waals surface area contributed by atoms with Gasteiger partial charge in [-0.05, 0) is 13.8 Å². The van der Waals surface area contributed by atoms with E-state index >= 15 is 0 Å². The Kier molecular flexibility index (Phi) is 23.7. The molecule has 0 fully saturated rings. The molecule has 0 aliphatic carbocycles. The van der Waals surface area contributed by atoms with Crippen molar-refractivity contribution < 1.29 is 4.79 Å². The van der Waals surface area contributed by atoms with Crippen molar-refractivity contribution in [3.05, 3.63) is 0 Å². The predicted octanol–water partition coefficient (Wildman–Crippen LogP) is 1.14. The van der Waals surface area contributed by atoms with Crippen LogP contribution in [0.2, 0.25) is 0 Å². The zero-order valence-corrected chi connectivity index (χ0v) is 9.13. The molecule has 0 aliphatic rings. The lowest BCUT2D eigenvalue weighted by atomic mass is 10.4. The Morgan fingerprint density at radius 3 is 1.77 bits per heavy atom. The molecule has 0 atom stereocenters. The zero-order valence-electron chi connectivity index (χ0n) is 9.13. The topological polar surface area (TPSA) is 55.1 Å². The number of rotatable bonds is 2. The molecular weight excluding hydrogens is 164 g/mol. The molecule has 0 saturated carbocycles. The van der Waals surface area contributed by atoms with Crippen molar-refractivity contribution in [3.8, 4) is 12.8 Å². The van der Waals surface area contributed by atoms with E-state index in [0.29, 0.717) is 0 Å². The van der Waals surface area contributed by atoms with Crippen LogP contribution in [0.5, 0.6) is 0 Å². The first kappa shape index (κ1) is 17.9. The van der Waals surface area contributed by atoms with Gasteiger partial charge in [0, 0.05) is 6.04 Å². The Morgan fingerprint density at radius 1 is 1.38 bits per heavy atom. The number of amides is 1. The van der Waals surface area contributed by atoms with Crippen LogP contribution in [0.4, 0.5) is 0 Å². The smallest absolute Gasteiger partial charge is 0.233 e. The molecule has 78 valence electrons. The molecule has 1 amide bonds. The number of carbonyl (C=O) groups is 1. The fourth-order valence-corrected chi connectivity index (χ4v) is 0.381. The maximum Gasteiger partial charge on any atom is 0.233 e. The SMILES string of the molecule is C#C.CC(C)NC(=O)CN.CCC. The van der Waals surface area contributed by atoms with Crippen LogP contribution in [0.3, 0.4) is 0 Å². The lowest BCUT2D eigenvalue weighted by molar-refractivity contribution is -0.120. The van der Waals surface area contributed by atoms with Crippen molar-refractivity contribution in [1.82, 2.24) is 5.32 Å². The van der Waals surface area contributed by atoms with Crippen LogP contribution in [0, 0.1) is 12.8 Å². The van der Waals surface area contributed by atoms with E-state index in [-0.39, 0.29) is 18.5 Å². The Hall–Kier alpha value is -1.01. The monoisotopic (exact) mass is 186 g/mol. The highest BCUT2D eigenvalue weighted by Gasteiger charge is 1.96. The van der Waals surface area contributed by atoms with Gasteiger partial charge in [-0.1, -0.05) is 20.3 Å². The van der Waals surface area contributed by atoms with Gasteiger partial charge in [-0.25, -0.2) is 0 Å². The van der Waals surface area contributed by atoms with E-state index in [1.807, 2.05) is 13.8 Å². The van der Waals surface area contributed by atoms with E-state index in [0.717, 1.165) is 0 Å². The number of hydrogen-bond acceptors (Lipinski definition) is 2. The van der Waals surface area contributed by atoms with Gasteiger partial charge in [-0.3, -0.25) is 4.79 Å². The molecule has 0 spiro atoms. The van der Waals surface area contributed by atoms with Gasteiger partial charge in [0.1, 0.15) is 0 Å². The molecule has 0 aliphatic heterocycles. The first-order chi connectivity index (χ1) is 6.08. The Morgan fingerprint density at radius 2 is 1.69 bits per heavy atom. The first-order valence-corrected chi connectivity index (χ1v) is 4.41. The van der Waals surface area contributed by atoms with Gasteiger partial charge in [0.2, 0.25) is 5.91 Å². The van der Waals surface area contributed by atoms with Crippen LogP contribution in [0.15, 0.2) is 0 Å². The molecule has 0 aromatic carbocycles. The summed E-state index contributed by atoms with van der Waals surface area (Å²) in [6, 6.07) is 0.200. The van der Waals surface area contributed by atoms with Gasteiger partial charge in [0.15, 0.2) is 0 Å². The molecular formula is C10H22N2O. The van der Waals surface area contributed by atoms with Crippen molar-refractivity contribution in [1.29, 1.82) is 0 Å². The molecule has 3 N–H and O–H groups in total. The average Bonchev–Trinajstić information content (AvgIpc) is 2.08. The molecule has 0 aromatic heterocycles. The minimum atomic E-state index is -0.0972. The number of nitrogens with two attached hydrogens (primary N) is 1. The molecule has 0 rings (SSSR count). The highest BCUT2D eigenvalue weighted by Crippen LogP contribution is 1.73. The van der Waals surface area contributed by atoms with E-state index in [2.05, 4.69) is 32.0 Å². The van der Waals surface area contributed by atoms with Crippen LogP contribution in [0.1, 0.15) is 34.1 Å². The summed E-state index contributed by atoms with van der Waals surface area (Å²) in [4.78, 5) is 10.4. The quantitative estimate of drug-likeness (QED) is 0.635. The lowest BCUT2D eigenvalue weighted by Crippen LogP contribution is -2.35. The van der Waals surface area contributed by atoms with Crippen molar-refractivity contribution in [3.63, 3.8) is 0 Å². The number of terminal acetylenes is 1. The summed E-state index contributed by atoms with van der Waals surface area (Å²) in [5, 5.41) is 2.63. The predicted molar refractivity (Wildman–Crippen MR) is 58.2 cm³/mol. The standard InChI is InChI=1S/C5H12N2O.C3H8.C2H2/c1-4(2)7-5(8)3-6;1-3-2;1-2/h4H,3,6H2,1-2H3,(H,7,8);3H2,1-2H3;1-2H. The summed E-state index contributed by atoms with van der Waals surface area (Å²) in [6.07, 6.45) is 9.25. The summed E-state index contributed by atoms with van der Waals surface area (Å²) in [7, 11) is 0. The molecule has 3 nitrogen and oxygen atoms in total. The molecule has 0 bridgehead atoms. The van der Waals surface area contributed by atoms with Gasteiger partial charge in [0.05, 0.1) is 6.54 Å². The second-order valence-corrected chi connectivity index (χ2v) is 2.63. The van der Waals surface area contributed by atoms with Crippen molar-refractivity contribution in [2.75, 3.05) is 6.54 Å². The highest BCUT2D eigenvalue weighted by atomic mass is 16.1. The van der Waals surface area contributed by atoms with Crippen LogP contribution in [0.25, 0.3) is 0 Å². The maximum atomic E-state index is 10.4. The van der Waals surface area contributed by atoms with Gasteiger partial charge in [-0.15, -0.1) is 12.8 Å². The third kappa shape index (κ3) is 35.7. The summed E-state index contributed by atoms with van der Waals surface area (Å²) >= 11 is 0. The summed E-state index contributed by atoms with van der Waals surface area (Å²) in [5.41, 5.74) is 5.01. The van der Waals surface area contributed by atoms with E-state index < -0.39 is 0 Å². The minimum absolute atomic E-state index is 0.0815. The largest absolute Gasteiger partial charge is 0.353 e. The van der Waals surface area contributed by atoms with E-state index in [1.165, 1.54) is 6.42 Å². The lowest BCUT2D eigenvalue weighted by Gasteiger charge is -2.04. The molecule has 0 unspecified atom stereocenters. The van der Waals surface area contributed by atoms with E-state index in [4.69, 9.17) is 5.73 Å². The van der Waals surface area contributed by atoms with Gasteiger partial charge in [0.25, 0.3) is 0 Å². The van der Waals surface area contributed by atoms with Crippen LogP contribution < -0.4 is 11.1 Å². The second-order valence-electron chi connectivity index (χ2n) is 2.63. The fourth-order valence-electron chi connectivity index (χ4n) is 0.381. The van der Waals surface area contributed by atoms with Gasteiger partial charge < -0.3 is 11.1 Å². The average molecular weight is 186 g/mol. The van der Waals surface area contributed by atoms with Crippen LogP contribution in [-0.2, 0) is 4.79 Å². The maximum absolute atomic E-state index is 10.4. The van der Waals surface area contributed by atoms with Crippen molar-refractivity contribution >= 4 is 5.91 Å². The van der Waals surface area contributed by atoms with Gasteiger partial charge in [-0.2, -0.15) is 0 Å². The highest BCUT2D eigenvalue weighted by molar-refractivity contribution is 5.77. The van der Waals surface area contributed by atoms with Crippen LogP contribution in [-0.4, -0.2) is 18.5 Å². The zero-order chi connectivity index (χ0) is 11.3. The minimum Gasteiger partial charge on any atom is -0.353 e. The van der Waals surface area contributed by atoms with Crippen LogP contribution >= 0.6 is 0 Å². The first-order valence-electron chi connectivity index (χ1n) is 4.41. The third-order valence-electron chi connectivity index (χ3n) is 0.635. The molecule has 0 radical (unpaired) electrons. The number of hydrogen-bond donors (Lipinski definition) is 2. The van der Waals surface area contributed by atoms with Crippen molar-refractivity contribution in [2.45, 2.75) is 40.2 Å². The van der Waals surface area contributed by atoms with Gasteiger partial charge >= 0.3 is 0 Å². The second kappa shape index (κ2) is 17.2. The normalized spacial score (nSPS) is 7.38. The Bertz CT molecular complexity index is 119. The molecule has 3 heteroatoms. The molecule has 13 heavy (non-hydrogen) atoms. The Labute approximate surface area is 82.1 Å². The van der Waals surface area contributed by atoms with Crippen molar-refractivity contribution in [2.24, 2.45) is 5.73 Å². The summed E-state index contributed by atoms with van der Waals surface area (Å²) < 4.78 is 0.